The third-order valence-corrected chi connectivity index (χ3v) is 5.50. The first-order valence-corrected chi connectivity index (χ1v) is 8.61. The first kappa shape index (κ1) is 13.1. The molecule has 1 saturated carbocycles. The first-order valence-electron chi connectivity index (χ1n) is 7.33. The van der Waals surface area contributed by atoms with Crippen molar-refractivity contribution in [3.63, 3.8) is 0 Å². The van der Waals surface area contributed by atoms with Gasteiger partial charge in [-0.25, -0.2) is 4.98 Å². The summed E-state index contributed by atoms with van der Waals surface area (Å²) in [6.07, 6.45) is 7.85. The molecule has 0 amide bonds. The minimum Gasteiger partial charge on any atom is -0.454 e. The maximum absolute atomic E-state index is 5.49. The van der Waals surface area contributed by atoms with E-state index in [1.807, 2.05) is 36.2 Å². The zero-order chi connectivity index (χ0) is 14.2. The van der Waals surface area contributed by atoms with Gasteiger partial charge in [0.2, 0.25) is 6.79 Å². The largest absolute Gasteiger partial charge is 0.454 e. The zero-order valence-electron chi connectivity index (χ0n) is 12.0. The van der Waals surface area contributed by atoms with E-state index in [1.165, 1.54) is 19.3 Å². The average molecular weight is 302 g/mol. The van der Waals surface area contributed by atoms with Crippen LogP contribution in [-0.2, 0) is 0 Å². The number of fused-ring (bicyclic) bond motifs is 2. The Labute approximate surface area is 128 Å². The number of anilines is 1. The topological polar surface area (TPSA) is 43.4 Å². The number of nitrogens with zero attached hydrogens (tertiary/aromatic N) is 1. The van der Waals surface area contributed by atoms with Crippen molar-refractivity contribution in [2.24, 2.45) is 0 Å². The van der Waals surface area contributed by atoms with Gasteiger partial charge in [-0.15, -0.1) is 0 Å². The summed E-state index contributed by atoms with van der Waals surface area (Å²) in [7, 11) is 0. The molecule has 1 aromatic carbocycles. The molecule has 2 aliphatic rings. The number of aromatic nitrogens is 1. The lowest BCUT2D eigenvalue weighted by molar-refractivity contribution is 0.174. The molecule has 2 aromatic rings. The fourth-order valence-electron chi connectivity index (χ4n) is 3.23. The van der Waals surface area contributed by atoms with Gasteiger partial charge in [-0.1, -0.05) is 6.42 Å². The van der Waals surface area contributed by atoms with E-state index in [0.717, 1.165) is 28.1 Å². The molecule has 0 bridgehead atoms. The minimum atomic E-state index is 0.305. The van der Waals surface area contributed by atoms with Crippen molar-refractivity contribution in [1.82, 2.24) is 4.98 Å². The minimum absolute atomic E-state index is 0.305. The number of ether oxygens (including phenoxy) is 2. The SMILES string of the molecule is CSC1CCCC1Nc1nccc2cc3c(cc12)OCO3. The van der Waals surface area contributed by atoms with Gasteiger partial charge in [-0.3, -0.25) is 0 Å². The monoisotopic (exact) mass is 302 g/mol. The maximum atomic E-state index is 5.49. The van der Waals surface area contributed by atoms with Crippen LogP contribution in [0.2, 0.25) is 0 Å². The van der Waals surface area contributed by atoms with Crippen molar-refractivity contribution >= 4 is 28.4 Å². The molecule has 5 heteroatoms. The summed E-state index contributed by atoms with van der Waals surface area (Å²) in [6, 6.07) is 6.59. The smallest absolute Gasteiger partial charge is 0.231 e. The lowest BCUT2D eigenvalue weighted by Gasteiger charge is -2.20. The highest BCUT2D eigenvalue weighted by Gasteiger charge is 2.27. The number of hydrogen-bond donors (Lipinski definition) is 1. The van der Waals surface area contributed by atoms with Crippen molar-refractivity contribution in [2.75, 3.05) is 18.4 Å². The fourth-order valence-corrected chi connectivity index (χ4v) is 4.16. The van der Waals surface area contributed by atoms with Crippen molar-refractivity contribution in [2.45, 2.75) is 30.6 Å². The normalized spacial score (nSPS) is 23.7. The number of rotatable bonds is 3. The van der Waals surface area contributed by atoms with Crippen molar-refractivity contribution in [1.29, 1.82) is 0 Å². The Kier molecular flexibility index (Phi) is 3.30. The Morgan fingerprint density at radius 2 is 2.10 bits per heavy atom. The molecule has 1 N–H and O–H groups in total. The van der Waals surface area contributed by atoms with Gasteiger partial charge in [0.05, 0.1) is 0 Å². The lowest BCUT2D eigenvalue weighted by atomic mass is 10.1. The second-order valence-electron chi connectivity index (χ2n) is 5.54. The fraction of sp³-hybridized carbons (Fsp3) is 0.438. The molecule has 0 spiro atoms. The van der Waals surface area contributed by atoms with Crippen LogP contribution in [0, 0.1) is 0 Å². The van der Waals surface area contributed by atoms with Crippen LogP contribution < -0.4 is 14.8 Å². The molecule has 2 atom stereocenters. The van der Waals surface area contributed by atoms with Crippen molar-refractivity contribution < 1.29 is 9.47 Å². The van der Waals surface area contributed by atoms with Gasteiger partial charge in [0.15, 0.2) is 11.5 Å². The molecule has 110 valence electrons. The van der Waals surface area contributed by atoms with Crippen LogP contribution in [0.1, 0.15) is 19.3 Å². The molecule has 4 nitrogen and oxygen atoms in total. The van der Waals surface area contributed by atoms with Crippen LogP contribution in [0.3, 0.4) is 0 Å². The van der Waals surface area contributed by atoms with E-state index >= 15 is 0 Å². The molecular weight excluding hydrogens is 284 g/mol. The van der Waals surface area contributed by atoms with Crippen LogP contribution in [-0.4, -0.2) is 29.3 Å². The van der Waals surface area contributed by atoms with Crippen LogP contribution in [0.5, 0.6) is 11.5 Å². The first-order chi connectivity index (χ1) is 10.3. The second kappa shape index (κ2) is 5.30. The molecular formula is C16H18N2O2S. The Bertz CT molecular complexity index is 677. The van der Waals surface area contributed by atoms with Gasteiger partial charge in [0.1, 0.15) is 5.82 Å². The van der Waals surface area contributed by atoms with Crippen molar-refractivity contribution in [3.05, 3.63) is 24.4 Å². The standard InChI is InChI=1S/C16H18N2O2S/c1-21-15-4-2-3-12(15)18-16-11-8-14-13(19-9-20-14)7-10(11)5-6-17-16/h5-8,12,15H,2-4,9H2,1H3,(H,17,18). The van der Waals surface area contributed by atoms with Crippen LogP contribution >= 0.6 is 11.8 Å². The van der Waals surface area contributed by atoms with Gasteiger partial charge in [0, 0.05) is 22.9 Å². The Morgan fingerprint density at radius 3 is 2.95 bits per heavy atom. The Balaban J connectivity index is 1.71. The van der Waals surface area contributed by atoms with Gasteiger partial charge in [0.25, 0.3) is 0 Å². The van der Waals surface area contributed by atoms with Crippen LogP contribution in [0.4, 0.5) is 5.82 Å². The maximum Gasteiger partial charge on any atom is 0.231 e. The highest BCUT2D eigenvalue weighted by atomic mass is 32.2. The number of hydrogen-bond acceptors (Lipinski definition) is 5. The van der Waals surface area contributed by atoms with E-state index < -0.39 is 0 Å². The van der Waals surface area contributed by atoms with Crippen molar-refractivity contribution in [3.8, 4) is 11.5 Å². The van der Waals surface area contributed by atoms with Crippen LogP contribution in [0.25, 0.3) is 10.8 Å². The van der Waals surface area contributed by atoms with Gasteiger partial charge in [-0.2, -0.15) is 11.8 Å². The number of thioether (sulfide) groups is 1. The molecule has 1 aliphatic carbocycles. The van der Waals surface area contributed by atoms with E-state index in [0.29, 0.717) is 18.1 Å². The van der Waals surface area contributed by atoms with Gasteiger partial charge < -0.3 is 14.8 Å². The molecule has 2 unspecified atom stereocenters. The van der Waals surface area contributed by atoms with E-state index in [2.05, 4.69) is 16.6 Å². The van der Waals surface area contributed by atoms with E-state index in [1.54, 1.807) is 0 Å². The van der Waals surface area contributed by atoms with Gasteiger partial charge in [-0.05, 0) is 42.7 Å². The zero-order valence-corrected chi connectivity index (χ0v) is 12.8. The Morgan fingerprint density at radius 1 is 1.24 bits per heavy atom. The number of nitrogens with one attached hydrogen (secondary N) is 1. The molecule has 0 saturated heterocycles. The molecule has 1 fully saturated rings. The van der Waals surface area contributed by atoms with E-state index in [9.17, 15) is 0 Å². The summed E-state index contributed by atoms with van der Waals surface area (Å²) in [5.41, 5.74) is 0. The third-order valence-electron chi connectivity index (χ3n) is 4.34. The third kappa shape index (κ3) is 2.29. The summed E-state index contributed by atoms with van der Waals surface area (Å²) < 4.78 is 10.9. The summed E-state index contributed by atoms with van der Waals surface area (Å²) >= 11 is 1.95. The van der Waals surface area contributed by atoms with E-state index in [-0.39, 0.29) is 0 Å². The second-order valence-corrected chi connectivity index (χ2v) is 6.62. The summed E-state index contributed by atoms with van der Waals surface area (Å²) in [5.74, 6) is 2.59. The Hall–Kier alpha value is -1.62. The quantitative estimate of drug-likeness (QED) is 0.937. The predicted octanol–water partition coefficient (Wildman–Crippen LogP) is 3.66. The summed E-state index contributed by atoms with van der Waals surface area (Å²) in [5, 5.41) is 6.56. The highest BCUT2D eigenvalue weighted by Crippen LogP contribution is 2.39. The van der Waals surface area contributed by atoms with Gasteiger partial charge >= 0.3 is 0 Å². The van der Waals surface area contributed by atoms with E-state index in [4.69, 9.17) is 9.47 Å². The summed E-state index contributed by atoms with van der Waals surface area (Å²) in [6.45, 7) is 0.305. The molecule has 21 heavy (non-hydrogen) atoms. The molecule has 0 radical (unpaired) electrons. The molecule has 1 aliphatic heterocycles. The van der Waals surface area contributed by atoms with Crippen LogP contribution in [0.15, 0.2) is 24.4 Å². The highest BCUT2D eigenvalue weighted by molar-refractivity contribution is 7.99. The number of pyridine rings is 1. The summed E-state index contributed by atoms with van der Waals surface area (Å²) in [4.78, 5) is 4.55. The lowest BCUT2D eigenvalue weighted by Crippen LogP contribution is -2.26. The molecule has 2 heterocycles. The molecule has 1 aromatic heterocycles. The molecule has 4 rings (SSSR count). The predicted molar refractivity (Wildman–Crippen MR) is 86.4 cm³/mol. The number of benzene rings is 1. The average Bonchev–Trinajstić information content (AvgIpc) is 3.13.